The van der Waals surface area contributed by atoms with E-state index in [1.54, 1.807) is 6.92 Å². The van der Waals surface area contributed by atoms with E-state index in [0.717, 1.165) is 30.5 Å². The smallest absolute Gasteiger partial charge is 0.416 e. The highest BCUT2D eigenvalue weighted by Gasteiger charge is 2.35. The Bertz CT molecular complexity index is 981. The van der Waals surface area contributed by atoms with Crippen LogP contribution in [0.4, 0.5) is 23.2 Å². The Morgan fingerprint density at radius 2 is 1.72 bits per heavy atom. The fourth-order valence-corrected chi connectivity index (χ4v) is 2.33. The second kappa shape index (κ2) is 8.63. The molecule has 0 aliphatic heterocycles. The lowest BCUT2D eigenvalue weighted by molar-refractivity contribution is -0.385. The van der Waals surface area contributed by atoms with Gasteiger partial charge in [-0.3, -0.25) is 19.7 Å². The molecule has 2 rings (SSSR count). The summed E-state index contributed by atoms with van der Waals surface area (Å²) < 4.78 is 56.6. The molecule has 0 unspecified atom stereocenters. The number of allylic oxidation sites excluding steroid dienone is 1. The van der Waals surface area contributed by atoms with Gasteiger partial charge in [0.2, 0.25) is 5.78 Å². The molecule has 0 aliphatic rings. The summed E-state index contributed by atoms with van der Waals surface area (Å²) in [7, 11) is 0. The summed E-state index contributed by atoms with van der Waals surface area (Å²) in [6, 6.07) is 5.46. The van der Waals surface area contributed by atoms with E-state index in [4.69, 9.17) is 4.74 Å². The lowest BCUT2D eigenvalue weighted by Gasteiger charge is -2.10. The Balaban J connectivity index is 2.55. The Hall–Kier alpha value is -3.56. The maximum absolute atomic E-state index is 13.1. The first-order chi connectivity index (χ1) is 13.6. The summed E-state index contributed by atoms with van der Waals surface area (Å²) in [6.45, 7) is 1.59. The molecule has 0 saturated heterocycles. The maximum Gasteiger partial charge on any atom is 0.416 e. The lowest BCUT2D eigenvalue weighted by atomic mass is 9.95. The summed E-state index contributed by atoms with van der Waals surface area (Å²) in [5.41, 5.74) is -3.91. The molecule has 0 N–H and O–H groups in total. The number of hydrogen-bond donors (Lipinski definition) is 0. The highest BCUT2D eigenvalue weighted by molar-refractivity contribution is 6.31. The van der Waals surface area contributed by atoms with Gasteiger partial charge >= 0.3 is 6.18 Å². The molecule has 0 radical (unpaired) electrons. The number of alkyl halides is 3. The number of halogens is 4. The minimum atomic E-state index is -4.86. The molecule has 0 fully saturated rings. The average Bonchev–Trinajstić information content (AvgIpc) is 2.67. The van der Waals surface area contributed by atoms with Crippen LogP contribution >= 0.6 is 0 Å². The van der Waals surface area contributed by atoms with Gasteiger partial charge in [-0.2, -0.15) is 13.2 Å². The lowest BCUT2D eigenvalue weighted by Crippen LogP contribution is -2.17. The van der Waals surface area contributed by atoms with Gasteiger partial charge in [0, 0.05) is 11.6 Å². The molecule has 2 aromatic rings. The van der Waals surface area contributed by atoms with Crippen LogP contribution in [0.3, 0.4) is 0 Å². The van der Waals surface area contributed by atoms with Crippen LogP contribution in [0.1, 0.15) is 33.2 Å². The molecule has 0 aromatic heterocycles. The van der Waals surface area contributed by atoms with Crippen LogP contribution in [0.25, 0.3) is 0 Å². The Morgan fingerprint density at radius 3 is 2.24 bits per heavy atom. The van der Waals surface area contributed by atoms with E-state index in [2.05, 4.69) is 0 Å². The number of ether oxygens (including phenoxy) is 1. The topological polar surface area (TPSA) is 86.5 Å². The van der Waals surface area contributed by atoms with E-state index < -0.39 is 50.9 Å². The zero-order valence-electron chi connectivity index (χ0n) is 14.8. The highest BCUT2D eigenvalue weighted by atomic mass is 19.4. The molecule has 6 nitrogen and oxygen atoms in total. The average molecular weight is 411 g/mol. The van der Waals surface area contributed by atoms with E-state index in [1.807, 2.05) is 0 Å². The SMILES string of the molecule is CCO/C=C(/C(=O)c1ccc(F)cc1)C(=O)c1ccc(C(F)(F)F)cc1[N+](=O)[O-]. The molecule has 10 heteroatoms. The van der Waals surface area contributed by atoms with Gasteiger partial charge in [0.05, 0.1) is 23.4 Å². The molecule has 0 heterocycles. The Labute approximate surface area is 161 Å². The number of nitro benzene ring substituents is 1. The maximum atomic E-state index is 13.1. The highest BCUT2D eigenvalue weighted by Crippen LogP contribution is 2.34. The van der Waals surface area contributed by atoms with Crippen LogP contribution in [-0.4, -0.2) is 23.1 Å². The van der Waals surface area contributed by atoms with Crippen molar-refractivity contribution in [2.24, 2.45) is 0 Å². The molecule has 0 amide bonds. The van der Waals surface area contributed by atoms with Gasteiger partial charge in [0.15, 0.2) is 5.78 Å². The fraction of sp³-hybridized carbons (Fsp3) is 0.158. The van der Waals surface area contributed by atoms with E-state index in [-0.39, 0.29) is 18.2 Å². The van der Waals surface area contributed by atoms with Crippen molar-refractivity contribution in [3.8, 4) is 0 Å². The van der Waals surface area contributed by atoms with Gasteiger partial charge in [-0.1, -0.05) is 0 Å². The van der Waals surface area contributed by atoms with Crippen LogP contribution < -0.4 is 0 Å². The van der Waals surface area contributed by atoms with Crippen LogP contribution in [0.2, 0.25) is 0 Å². The fourth-order valence-electron chi connectivity index (χ4n) is 2.33. The molecular formula is C19H13F4NO5. The first-order valence-electron chi connectivity index (χ1n) is 8.08. The molecular weight excluding hydrogens is 398 g/mol. The monoisotopic (exact) mass is 411 g/mol. The third kappa shape index (κ3) is 5.03. The van der Waals surface area contributed by atoms with Crippen LogP contribution in [0.5, 0.6) is 0 Å². The van der Waals surface area contributed by atoms with Crippen LogP contribution in [0.15, 0.2) is 54.3 Å². The minimum Gasteiger partial charge on any atom is -0.501 e. The summed E-state index contributed by atoms with van der Waals surface area (Å²) in [6.07, 6.45) is -4.09. The van der Waals surface area contributed by atoms with Crippen molar-refractivity contribution in [3.63, 3.8) is 0 Å². The predicted molar refractivity (Wildman–Crippen MR) is 92.9 cm³/mol. The van der Waals surface area contributed by atoms with Gasteiger partial charge in [-0.05, 0) is 43.3 Å². The third-order valence-electron chi connectivity index (χ3n) is 3.73. The van der Waals surface area contributed by atoms with Gasteiger partial charge in [-0.15, -0.1) is 0 Å². The molecule has 0 spiro atoms. The van der Waals surface area contributed by atoms with Gasteiger partial charge in [0.25, 0.3) is 5.69 Å². The number of benzene rings is 2. The minimum absolute atomic E-state index is 0.0442. The number of nitro groups is 1. The number of Topliss-reactive ketones (excluding diaryl/α,β-unsaturated/α-hetero) is 2. The normalized spacial score (nSPS) is 11.8. The van der Waals surface area contributed by atoms with Gasteiger partial charge < -0.3 is 4.74 Å². The van der Waals surface area contributed by atoms with Gasteiger partial charge in [0.1, 0.15) is 17.0 Å². The number of rotatable bonds is 7. The number of carbonyl (C=O) groups excluding carboxylic acids is 2. The standard InChI is InChI=1S/C19H13F4NO5/c1-2-29-10-15(17(25)11-3-6-13(20)7-4-11)18(26)14-8-5-12(19(21,22)23)9-16(14)24(27)28/h3-10H,2H2,1H3/b15-10-. The first kappa shape index (κ1) is 21.7. The molecule has 2 aromatic carbocycles. The molecule has 0 aliphatic carbocycles. The number of nitrogens with zero attached hydrogens (tertiary/aromatic N) is 1. The van der Waals surface area contributed by atoms with Gasteiger partial charge in [-0.25, -0.2) is 4.39 Å². The molecule has 0 atom stereocenters. The van der Waals surface area contributed by atoms with Crippen molar-refractivity contribution in [2.75, 3.05) is 6.61 Å². The summed E-state index contributed by atoms with van der Waals surface area (Å²) in [5, 5.41) is 11.2. The summed E-state index contributed by atoms with van der Waals surface area (Å²) in [5.74, 6) is -2.77. The number of ketones is 2. The van der Waals surface area contributed by atoms with Crippen molar-refractivity contribution >= 4 is 17.3 Å². The number of carbonyl (C=O) groups is 2. The zero-order chi connectivity index (χ0) is 21.8. The second-order valence-electron chi connectivity index (χ2n) is 5.64. The van der Waals surface area contributed by atoms with Crippen LogP contribution in [-0.2, 0) is 10.9 Å². The van der Waals surface area contributed by atoms with E-state index >= 15 is 0 Å². The van der Waals surface area contributed by atoms with Crippen molar-refractivity contribution in [2.45, 2.75) is 13.1 Å². The second-order valence-corrected chi connectivity index (χ2v) is 5.64. The predicted octanol–water partition coefficient (Wildman–Crippen LogP) is 4.74. The summed E-state index contributed by atoms with van der Waals surface area (Å²) >= 11 is 0. The first-order valence-corrected chi connectivity index (χ1v) is 8.08. The number of hydrogen-bond acceptors (Lipinski definition) is 5. The third-order valence-corrected chi connectivity index (χ3v) is 3.73. The zero-order valence-corrected chi connectivity index (χ0v) is 14.8. The Morgan fingerprint density at radius 1 is 1.10 bits per heavy atom. The van der Waals surface area contributed by atoms with E-state index in [9.17, 15) is 37.3 Å². The largest absolute Gasteiger partial charge is 0.501 e. The quantitative estimate of drug-likeness (QED) is 0.0960. The summed E-state index contributed by atoms with van der Waals surface area (Å²) in [4.78, 5) is 35.5. The molecule has 0 saturated carbocycles. The van der Waals surface area contributed by atoms with Crippen molar-refractivity contribution in [3.05, 3.63) is 86.9 Å². The van der Waals surface area contributed by atoms with Crippen molar-refractivity contribution in [1.82, 2.24) is 0 Å². The van der Waals surface area contributed by atoms with E-state index in [0.29, 0.717) is 12.1 Å². The molecule has 29 heavy (non-hydrogen) atoms. The van der Waals surface area contributed by atoms with Crippen molar-refractivity contribution < 1.29 is 36.8 Å². The molecule has 0 bridgehead atoms. The van der Waals surface area contributed by atoms with Crippen molar-refractivity contribution in [1.29, 1.82) is 0 Å². The molecule has 152 valence electrons. The Kier molecular flexibility index (Phi) is 6.47. The van der Waals surface area contributed by atoms with Crippen LogP contribution in [0, 0.1) is 15.9 Å². The van der Waals surface area contributed by atoms with E-state index in [1.165, 1.54) is 0 Å².